The van der Waals surface area contributed by atoms with Gasteiger partial charge in [-0.2, -0.15) is 0 Å². The first kappa shape index (κ1) is 18.0. The van der Waals surface area contributed by atoms with Crippen LogP contribution in [0.4, 0.5) is 5.69 Å². The molecule has 1 aliphatic heterocycles. The molecule has 1 aliphatic rings. The summed E-state index contributed by atoms with van der Waals surface area (Å²) >= 11 is 0. The van der Waals surface area contributed by atoms with Crippen LogP contribution in [0.15, 0.2) is 42.7 Å². The number of hydrogen-bond acceptors (Lipinski definition) is 3. The van der Waals surface area contributed by atoms with Gasteiger partial charge in [0, 0.05) is 49.8 Å². The number of likely N-dealkylation sites (N-methyl/N-ethyl adjacent to an activating group) is 1. The van der Waals surface area contributed by atoms with E-state index in [-0.39, 0.29) is 23.9 Å². The lowest BCUT2D eigenvalue weighted by molar-refractivity contribution is -0.123. The molecule has 2 heterocycles. The number of fused-ring (bicyclic) bond motifs is 1. The molecule has 3 rings (SSSR count). The standard InChI is InChI=1S/C20H26N4O2/c1-14(13-21-19(25)15(2)24-9-4-5-10-24)22-20(26)17-6-7-18-16(12-17)8-11-23(18)3/h4-7,9-10,12,14-15H,8,11,13H2,1-3H3,(H,21,25)(H,22,26)/t14-,15?/m0/s1. The second-order valence-corrected chi connectivity index (χ2v) is 6.94. The van der Waals surface area contributed by atoms with E-state index in [0.29, 0.717) is 12.1 Å². The summed E-state index contributed by atoms with van der Waals surface area (Å²) in [5, 5.41) is 5.85. The lowest BCUT2D eigenvalue weighted by Crippen LogP contribution is -2.43. The van der Waals surface area contributed by atoms with Crippen molar-refractivity contribution in [2.75, 3.05) is 25.0 Å². The third-order valence-corrected chi connectivity index (χ3v) is 4.88. The largest absolute Gasteiger partial charge is 0.374 e. The first-order chi connectivity index (χ1) is 12.5. The molecule has 2 N–H and O–H groups in total. The zero-order chi connectivity index (χ0) is 18.7. The van der Waals surface area contributed by atoms with Crippen LogP contribution < -0.4 is 15.5 Å². The van der Waals surface area contributed by atoms with E-state index in [9.17, 15) is 9.59 Å². The number of carbonyl (C=O) groups is 2. The molecule has 1 aromatic carbocycles. The molecule has 0 radical (unpaired) electrons. The summed E-state index contributed by atoms with van der Waals surface area (Å²) in [5.41, 5.74) is 3.07. The van der Waals surface area contributed by atoms with Crippen molar-refractivity contribution in [1.29, 1.82) is 0 Å². The molecule has 0 bridgehead atoms. The average molecular weight is 354 g/mol. The topological polar surface area (TPSA) is 66.4 Å². The highest BCUT2D eigenvalue weighted by molar-refractivity contribution is 5.95. The van der Waals surface area contributed by atoms with Crippen molar-refractivity contribution >= 4 is 17.5 Å². The SMILES string of the molecule is CC(C(=O)NC[C@H](C)NC(=O)c1ccc2c(c1)CCN2C)n1cccc1. The highest BCUT2D eigenvalue weighted by Crippen LogP contribution is 2.27. The van der Waals surface area contributed by atoms with E-state index in [0.717, 1.165) is 13.0 Å². The van der Waals surface area contributed by atoms with Gasteiger partial charge in [0.1, 0.15) is 6.04 Å². The van der Waals surface area contributed by atoms with Gasteiger partial charge in [-0.1, -0.05) is 0 Å². The van der Waals surface area contributed by atoms with Crippen molar-refractivity contribution in [1.82, 2.24) is 15.2 Å². The number of rotatable bonds is 6. The summed E-state index contributed by atoms with van der Waals surface area (Å²) in [7, 11) is 2.06. The first-order valence-electron chi connectivity index (χ1n) is 9.01. The Kier molecular flexibility index (Phi) is 5.30. The van der Waals surface area contributed by atoms with E-state index in [1.54, 1.807) is 0 Å². The maximum absolute atomic E-state index is 12.5. The molecule has 6 nitrogen and oxygen atoms in total. The average Bonchev–Trinajstić information content (AvgIpc) is 3.29. The lowest BCUT2D eigenvalue weighted by Gasteiger charge is -2.18. The minimum Gasteiger partial charge on any atom is -0.374 e. The van der Waals surface area contributed by atoms with E-state index >= 15 is 0 Å². The predicted octanol–water partition coefficient (Wildman–Crippen LogP) is 1.98. The molecule has 0 aliphatic carbocycles. The van der Waals surface area contributed by atoms with Crippen molar-refractivity contribution in [3.05, 3.63) is 53.9 Å². The Morgan fingerprint density at radius 1 is 1.19 bits per heavy atom. The Morgan fingerprint density at radius 3 is 2.65 bits per heavy atom. The Hall–Kier alpha value is -2.76. The van der Waals surface area contributed by atoms with E-state index < -0.39 is 0 Å². The van der Waals surface area contributed by atoms with Gasteiger partial charge in [0.25, 0.3) is 5.91 Å². The van der Waals surface area contributed by atoms with Crippen LogP contribution in [0.1, 0.15) is 35.8 Å². The third-order valence-electron chi connectivity index (χ3n) is 4.88. The number of carbonyl (C=O) groups excluding carboxylic acids is 2. The van der Waals surface area contributed by atoms with Gasteiger partial charge >= 0.3 is 0 Å². The summed E-state index contributed by atoms with van der Waals surface area (Å²) < 4.78 is 1.85. The van der Waals surface area contributed by atoms with Gasteiger partial charge in [-0.05, 0) is 56.2 Å². The Balaban J connectivity index is 1.51. The quantitative estimate of drug-likeness (QED) is 0.834. The summed E-state index contributed by atoms with van der Waals surface area (Å²) in [6.07, 6.45) is 4.69. The van der Waals surface area contributed by atoms with Gasteiger partial charge in [-0.25, -0.2) is 0 Å². The fraction of sp³-hybridized carbons (Fsp3) is 0.400. The van der Waals surface area contributed by atoms with Gasteiger partial charge in [-0.15, -0.1) is 0 Å². The lowest BCUT2D eigenvalue weighted by atomic mass is 10.1. The highest BCUT2D eigenvalue weighted by Gasteiger charge is 2.19. The fourth-order valence-corrected chi connectivity index (χ4v) is 3.21. The Labute approximate surface area is 154 Å². The van der Waals surface area contributed by atoms with Crippen LogP contribution in [-0.2, 0) is 11.2 Å². The Bertz CT molecular complexity index is 785. The number of nitrogens with one attached hydrogen (secondary N) is 2. The van der Waals surface area contributed by atoms with Crippen LogP contribution >= 0.6 is 0 Å². The fourth-order valence-electron chi connectivity index (χ4n) is 3.21. The summed E-state index contributed by atoms with van der Waals surface area (Å²) in [6.45, 7) is 5.12. The zero-order valence-electron chi connectivity index (χ0n) is 15.5. The van der Waals surface area contributed by atoms with Gasteiger partial charge < -0.3 is 20.1 Å². The molecule has 2 amide bonds. The van der Waals surface area contributed by atoms with E-state index in [1.807, 2.05) is 61.1 Å². The van der Waals surface area contributed by atoms with Gasteiger partial charge in [0.05, 0.1) is 0 Å². The summed E-state index contributed by atoms with van der Waals surface area (Å²) in [5.74, 6) is -0.176. The van der Waals surface area contributed by atoms with E-state index in [4.69, 9.17) is 0 Å². The minimum absolute atomic E-state index is 0.0668. The van der Waals surface area contributed by atoms with Crippen molar-refractivity contribution in [3.8, 4) is 0 Å². The monoisotopic (exact) mass is 354 g/mol. The summed E-state index contributed by atoms with van der Waals surface area (Å²) in [4.78, 5) is 26.9. The maximum Gasteiger partial charge on any atom is 0.251 e. The molecule has 6 heteroatoms. The van der Waals surface area contributed by atoms with Crippen molar-refractivity contribution in [2.45, 2.75) is 32.4 Å². The van der Waals surface area contributed by atoms with Gasteiger partial charge in [0.2, 0.25) is 5.91 Å². The molecule has 2 aromatic rings. The number of anilines is 1. The van der Waals surface area contributed by atoms with Crippen LogP contribution in [0.3, 0.4) is 0 Å². The van der Waals surface area contributed by atoms with Crippen LogP contribution in [0.25, 0.3) is 0 Å². The molecular weight excluding hydrogens is 328 g/mol. The normalized spacial score (nSPS) is 15.3. The van der Waals surface area contributed by atoms with Crippen molar-refractivity contribution < 1.29 is 9.59 Å². The zero-order valence-corrected chi connectivity index (χ0v) is 15.5. The second kappa shape index (κ2) is 7.64. The predicted molar refractivity (Wildman–Crippen MR) is 102 cm³/mol. The van der Waals surface area contributed by atoms with E-state index in [1.165, 1.54) is 11.3 Å². The molecule has 1 aromatic heterocycles. The van der Waals surface area contributed by atoms with Crippen LogP contribution in [-0.4, -0.2) is 42.6 Å². The van der Waals surface area contributed by atoms with Crippen molar-refractivity contribution in [3.63, 3.8) is 0 Å². The first-order valence-corrected chi connectivity index (χ1v) is 9.01. The number of hydrogen-bond donors (Lipinski definition) is 2. The highest BCUT2D eigenvalue weighted by atomic mass is 16.2. The third kappa shape index (κ3) is 3.90. The molecule has 0 saturated heterocycles. The maximum atomic E-state index is 12.5. The minimum atomic E-state index is -0.276. The second-order valence-electron chi connectivity index (χ2n) is 6.94. The smallest absolute Gasteiger partial charge is 0.251 e. The molecular formula is C20H26N4O2. The number of amides is 2. The molecule has 26 heavy (non-hydrogen) atoms. The number of nitrogens with zero attached hydrogens (tertiary/aromatic N) is 2. The van der Waals surface area contributed by atoms with E-state index in [2.05, 4.69) is 22.6 Å². The van der Waals surface area contributed by atoms with Crippen LogP contribution in [0.2, 0.25) is 0 Å². The molecule has 2 atom stereocenters. The molecule has 0 spiro atoms. The molecule has 0 saturated carbocycles. The van der Waals surface area contributed by atoms with Gasteiger partial charge in [-0.3, -0.25) is 9.59 Å². The Morgan fingerprint density at radius 2 is 1.92 bits per heavy atom. The van der Waals surface area contributed by atoms with Crippen LogP contribution in [0, 0.1) is 0 Å². The molecule has 138 valence electrons. The van der Waals surface area contributed by atoms with Gasteiger partial charge in [0.15, 0.2) is 0 Å². The number of aromatic nitrogens is 1. The number of benzene rings is 1. The van der Waals surface area contributed by atoms with Crippen LogP contribution in [0.5, 0.6) is 0 Å². The summed E-state index contributed by atoms with van der Waals surface area (Å²) in [6, 6.07) is 9.17. The van der Waals surface area contributed by atoms with Crippen molar-refractivity contribution in [2.24, 2.45) is 0 Å². The molecule has 1 unspecified atom stereocenters. The molecule has 0 fully saturated rings.